The minimum absolute atomic E-state index is 0.321. The standard InChI is InChI=1S/C44H44Cl2N2O4/c1-23(2)9-7-11-25(5)17-19-47-41(49)29-15-13-27-38-34(46)22-32-36-30(42(50)48(44(32)52)20-18-26(6)12-8-10-24(3)4)16-14-28(40(36)38)37-33(45)21-31(43(47)51)35(29)39(27)37/h9-10,13-16,21-22,25-26H,7-8,11-12,17-20H2,1-6H3/t25-,26-/m0/s1. The second-order valence-corrected chi connectivity index (χ2v) is 16.2. The summed E-state index contributed by atoms with van der Waals surface area (Å²) in [6.07, 6.45) is 9.72. The van der Waals surface area contributed by atoms with Gasteiger partial charge >= 0.3 is 0 Å². The Morgan fingerprint density at radius 3 is 1.27 bits per heavy atom. The summed E-state index contributed by atoms with van der Waals surface area (Å²) in [5.74, 6) is -0.681. The Hall–Kier alpha value is -4.26. The Kier molecular flexibility index (Phi) is 9.68. The van der Waals surface area contributed by atoms with Gasteiger partial charge in [0.15, 0.2) is 0 Å². The number of allylic oxidation sites excluding steroid dienone is 4. The van der Waals surface area contributed by atoms with Crippen molar-refractivity contribution in [2.24, 2.45) is 11.8 Å². The van der Waals surface area contributed by atoms with Gasteiger partial charge in [-0.3, -0.25) is 29.0 Å². The van der Waals surface area contributed by atoms with Gasteiger partial charge in [-0.15, -0.1) is 0 Å². The van der Waals surface area contributed by atoms with E-state index >= 15 is 0 Å². The molecule has 0 fully saturated rings. The van der Waals surface area contributed by atoms with E-state index in [0.717, 1.165) is 25.7 Å². The zero-order valence-electron chi connectivity index (χ0n) is 30.7. The van der Waals surface area contributed by atoms with Crippen LogP contribution in [0.25, 0.3) is 43.1 Å². The third kappa shape index (κ3) is 5.98. The van der Waals surface area contributed by atoms with E-state index in [1.54, 1.807) is 24.3 Å². The number of imide groups is 2. The van der Waals surface area contributed by atoms with E-state index in [1.807, 2.05) is 12.1 Å². The zero-order valence-corrected chi connectivity index (χ0v) is 32.2. The van der Waals surface area contributed by atoms with Gasteiger partial charge in [-0.2, -0.15) is 0 Å². The molecule has 5 aromatic rings. The molecule has 4 amide bonds. The zero-order chi connectivity index (χ0) is 37.2. The molecule has 2 atom stereocenters. The molecule has 0 spiro atoms. The summed E-state index contributed by atoms with van der Waals surface area (Å²) in [6.45, 7) is 13.3. The molecule has 2 aliphatic rings. The van der Waals surface area contributed by atoms with Crippen molar-refractivity contribution in [2.75, 3.05) is 13.1 Å². The number of fused-ring (bicyclic) bond motifs is 2. The number of nitrogens with zero attached hydrogens (tertiary/aromatic N) is 2. The van der Waals surface area contributed by atoms with Crippen molar-refractivity contribution in [1.29, 1.82) is 0 Å². The van der Waals surface area contributed by atoms with Gasteiger partial charge in [0.25, 0.3) is 23.6 Å². The maximum Gasteiger partial charge on any atom is 0.261 e. The fourth-order valence-electron chi connectivity index (χ4n) is 8.18. The van der Waals surface area contributed by atoms with Crippen LogP contribution in [0.2, 0.25) is 10.0 Å². The normalized spacial score (nSPS) is 15.5. The first-order valence-corrected chi connectivity index (χ1v) is 19.1. The average molecular weight is 736 g/mol. The van der Waals surface area contributed by atoms with Crippen molar-refractivity contribution in [2.45, 2.75) is 80.1 Å². The molecule has 0 bridgehead atoms. The third-order valence-electron chi connectivity index (χ3n) is 11.0. The quantitative estimate of drug-likeness (QED) is 0.0553. The molecule has 0 aliphatic carbocycles. The lowest BCUT2D eigenvalue weighted by Crippen LogP contribution is -2.41. The smallest absolute Gasteiger partial charge is 0.261 e. The van der Waals surface area contributed by atoms with Crippen LogP contribution in [0.15, 0.2) is 59.7 Å². The van der Waals surface area contributed by atoms with Crippen LogP contribution < -0.4 is 0 Å². The lowest BCUT2D eigenvalue weighted by molar-refractivity contribution is 0.0586. The van der Waals surface area contributed by atoms with Crippen molar-refractivity contribution < 1.29 is 19.2 Å². The summed E-state index contributed by atoms with van der Waals surface area (Å²) in [7, 11) is 0. The second kappa shape index (κ2) is 13.9. The summed E-state index contributed by atoms with van der Waals surface area (Å²) in [6, 6.07) is 10.6. The Labute approximate surface area is 314 Å². The number of hydrogen-bond donors (Lipinski definition) is 0. The van der Waals surface area contributed by atoms with Gasteiger partial charge < -0.3 is 0 Å². The third-order valence-corrected chi connectivity index (χ3v) is 11.6. The molecule has 0 radical (unpaired) electrons. The topological polar surface area (TPSA) is 74.8 Å². The highest BCUT2D eigenvalue weighted by Crippen LogP contribution is 2.50. The SMILES string of the molecule is CC(C)=CCC[C@H](C)CCN1C(=O)c2ccc3c4c(Cl)cc5c6c(ccc(c7c(Cl)cc(c2c37)C1=O)c64)C(=O)N(CC[C@@H](C)CCC=C(C)C)C5=O. The van der Waals surface area contributed by atoms with Crippen LogP contribution >= 0.6 is 23.2 Å². The lowest BCUT2D eigenvalue weighted by atomic mass is 9.82. The van der Waals surface area contributed by atoms with Crippen molar-refractivity contribution in [3.8, 4) is 0 Å². The van der Waals surface area contributed by atoms with Crippen LogP contribution in [0, 0.1) is 11.8 Å². The molecular weight excluding hydrogens is 691 g/mol. The van der Waals surface area contributed by atoms with Gasteiger partial charge in [0, 0.05) is 66.6 Å². The molecule has 7 rings (SSSR count). The van der Waals surface area contributed by atoms with E-state index in [0.29, 0.717) is 113 Å². The van der Waals surface area contributed by atoms with E-state index in [4.69, 9.17) is 23.2 Å². The van der Waals surface area contributed by atoms with Crippen molar-refractivity contribution in [1.82, 2.24) is 9.80 Å². The maximum absolute atomic E-state index is 14.1. The Morgan fingerprint density at radius 2 is 0.904 bits per heavy atom. The molecule has 2 heterocycles. The van der Waals surface area contributed by atoms with Gasteiger partial charge in [0.2, 0.25) is 0 Å². The molecule has 2 aliphatic heterocycles. The fraction of sp³-hybridized carbons (Fsp3) is 0.364. The lowest BCUT2D eigenvalue weighted by Gasteiger charge is -2.31. The van der Waals surface area contributed by atoms with E-state index in [9.17, 15) is 19.2 Å². The summed E-state index contributed by atoms with van der Waals surface area (Å²) < 4.78 is 0. The summed E-state index contributed by atoms with van der Waals surface area (Å²) in [5.41, 5.74) is 4.23. The van der Waals surface area contributed by atoms with Crippen LogP contribution in [0.5, 0.6) is 0 Å². The van der Waals surface area contributed by atoms with Gasteiger partial charge in [0.05, 0.1) is 11.1 Å². The van der Waals surface area contributed by atoms with Crippen molar-refractivity contribution >= 4 is 89.9 Å². The van der Waals surface area contributed by atoms with Crippen LogP contribution in [0.4, 0.5) is 0 Å². The molecule has 8 heteroatoms. The van der Waals surface area contributed by atoms with Crippen molar-refractivity contribution in [3.05, 3.63) is 92.0 Å². The van der Waals surface area contributed by atoms with Gasteiger partial charge in [-0.1, -0.05) is 72.5 Å². The van der Waals surface area contributed by atoms with Crippen molar-refractivity contribution in [3.63, 3.8) is 0 Å². The number of rotatable bonds is 12. The van der Waals surface area contributed by atoms with E-state index in [2.05, 4.69) is 53.7 Å². The Balaban J connectivity index is 1.30. The Bertz CT molecular complexity index is 2230. The van der Waals surface area contributed by atoms with Crippen LogP contribution in [-0.2, 0) is 0 Å². The average Bonchev–Trinajstić information content (AvgIpc) is 3.09. The fourth-order valence-corrected chi connectivity index (χ4v) is 8.79. The van der Waals surface area contributed by atoms with Crippen LogP contribution in [-0.4, -0.2) is 46.5 Å². The second-order valence-electron chi connectivity index (χ2n) is 15.4. The number of carbonyl (C=O) groups excluding carboxylic acids is 4. The number of carbonyl (C=O) groups is 4. The maximum atomic E-state index is 14.1. The van der Waals surface area contributed by atoms with E-state index < -0.39 is 0 Å². The number of halogens is 2. The number of benzene rings is 5. The first kappa shape index (κ1) is 36.1. The molecule has 0 aromatic heterocycles. The number of hydrogen-bond acceptors (Lipinski definition) is 4. The minimum atomic E-state index is -0.357. The largest absolute Gasteiger partial charge is 0.274 e. The first-order chi connectivity index (χ1) is 24.8. The first-order valence-electron chi connectivity index (χ1n) is 18.4. The molecule has 0 N–H and O–H groups in total. The minimum Gasteiger partial charge on any atom is -0.274 e. The predicted molar refractivity (Wildman–Crippen MR) is 213 cm³/mol. The molecule has 0 saturated heterocycles. The van der Waals surface area contributed by atoms with Gasteiger partial charge in [0.1, 0.15) is 0 Å². The van der Waals surface area contributed by atoms with Crippen LogP contribution in [0.1, 0.15) is 121 Å². The highest BCUT2D eigenvalue weighted by Gasteiger charge is 2.38. The highest BCUT2D eigenvalue weighted by atomic mass is 35.5. The molecule has 268 valence electrons. The molecule has 0 saturated carbocycles. The molecule has 6 nitrogen and oxygen atoms in total. The molecule has 52 heavy (non-hydrogen) atoms. The summed E-state index contributed by atoms with van der Waals surface area (Å²) in [5, 5.41) is 5.98. The predicted octanol–water partition coefficient (Wildman–Crippen LogP) is 11.8. The van der Waals surface area contributed by atoms with E-state index in [-0.39, 0.29) is 23.6 Å². The summed E-state index contributed by atoms with van der Waals surface area (Å²) >= 11 is 14.2. The monoisotopic (exact) mass is 734 g/mol. The van der Waals surface area contributed by atoms with Crippen LogP contribution in [0.3, 0.4) is 0 Å². The van der Waals surface area contributed by atoms with Gasteiger partial charge in [-0.05, 0) is 113 Å². The molecular formula is C44H44Cl2N2O4. The highest BCUT2D eigenvalue weighted by molar-refractivity contribution is 6.50. The molecule has 5 aromatic carbocycles. The molecule has 0 unspecified atom stereocenters. The number of amides is 4. The Morgan fingerprint density at radius 1 is 0.538 bits per heavy atom. The van der Waals surface area contributed by atoms with Gasteiger partial charge in [-0.25, -0.2) is 0 Å². The van der Waals surface area contributed by atoms with E-state index in [1.165, 1.54) is 20.9 Å². The summed E-state index contributed by atoms with van der Waals surface area (Å²) in [4.78, 5) is 58.9.